The molecular formula is C14H16FNO2. The van der Waals surface area contributed by atoms with E-state index < -0.39 is 5.54 Å². The first kappa shape index (κ1) is 12.8. The monoisotopic (exact) mass is 249 g/mol. The summed E-state index contributed by atoms with van der Waals surface area (Å²) in [6.07, 6.45) is 5.34. The van der Waals surface area contributed by atoms with Crippen LogP contribution in [0.4, 0.5) is 4.39 Å². The van der Waals surface area contributed by atoms with Gasteiger partial charge >= 0.3 is 0 Å². The Morgan fingerprint density at radius 3 is 2.72 bits per heavy atom. The Balaban J connectivity index is 1.97. The van der Waals surface area contributed by atoms with Gasteiger partial charge in [0, 0.05) is 11.6 Å². The number of carbonyl (C=O) groups excluding carboxylic acids is 1. The Morgan fingerprint density at radius 2 is 2.17 bits per heavy atom. The molecule has 2 rings (SSSR count). The van der Waals surface area contributed by atoms with Crippen molar-refractivity contribution in [2.75, 3.05) is 6.61 Å². The van der Waals surface area contributed by atoms with Gasteiger partial charge in [0.15, 0.2) is 0 Å². The summed E-state index contributed by atoms with van der Waals surface area (Å²) in [5.41, 5.74) is -0.0873. The van der Waals surface area contributed by atoms with E-state index in [0.29, 0.717) is 5.56 Å². The van der Waals surface area contributed by atoms with Crippen molar-refractivity contribution in [2.24, 2.45) is 0 Å². The van der Waals surface area contributed by atoms with Crippen molar-refractivity contribution in [3.63, 3.8) is 0 Å². The highest BCUT2D eigenvalue weighted by Crippen LogP contribution is 2.31. The minimum absolute atomic E-state index is 0.0493. The molecule has 2 N–H and O–H groups in total. The van der Waals surface area contributed by atoms with E-state index in [1.54, 1.807) is 18.2 Å². The minimum Gasteiger partial charge on any atom is -0.394 e. The number of aliphatic hydroxyl groups excluding tert-OH is 1. The van der Waals surface area contributed by atoms with E-state index in [9.17, 15) is 14.3 Å². The maximum absolute atomic E-state index is 13.3. The molecule has 0 aliphatic heterocycles. The largest absolute Gasteiger partial charge is 0.394 e. The molecule has 1 fully saturated rings. The fourth-order valence-electron chi connectivity index (χ4n) is 2.00. The number of aliphatic hydroxyl groups is 1. The zero-order valence-electron chi connectivity index (χ0n) is 10.0. The topological polar surface area (TPSA) is 49.3 Å². The van der Waals surface area contributed by atoms with E-state index in [1.807, 2.05) is 0 Å². The second-order valence-corrected chi connectivity index (χ2v) is 4.64. The predicted octanol–water partition coefficient (Wildman–Crippen LogP) is 1.87. The molecule has 1 aliphatic carbocycles. The third-order valence-electron chi connectivity index (χ3n) is 3.32. The summed E-state index contributed by atoms with van der Waals surface area (Å²) in [5.74, 6) is -0.658. The van der Waals surface area contributed by atoms with Gasteiger partial charge in [-0.15, -0.1) is 0 Å². The van der Waals surface area contributed by atoms with Crippen molar-refractivity contribution < 1.29 is 14.3 Å². The zero-order chi connectivity index (χ0) is 13.0. The van der Waals surface area contributed by atoms with Crippen LogP contribution in [0.3, 0.4) is 0 Å². The van der Waals surface area contributed by atoms with Gasteiger partial charge in [0.25, 0.3) is 0 Å². The zero-order valence-corrected chi connectivity index (χ0v) is 10.0. The number of hydrogen-bond acceptors (Lipinski definition) is 2. The summed E-state index contributed by atoms with van der Waals surface area (Å²) in [6, 6.07) is 6.26. The van der Waals surface area contributed by atoms with Gasteiger partial charge in [-0.05, 0) is 31.4 Å². The highest BCUT2D eigenvalue weighted by molar-refractivity contribution is 5.92. The lowest BCUT2D eigenvalue weighted by Crippen LogP contribution is -2.55. The van der Waals surface area contributed by atoms with Gasteiger partial charge in [-0.2, -0.15) is 0 Å². The summed E-state index contributed by atoms with van der Waals surface area (Å²) in [4.78, 5) is 11.7. The van der Waals surface area contributed by atoms with E-state index in [4.69, 9.17) is 0 Å². The minimum atomic E-state index is -0.462. The van der Waals surface area contributed by atoms with Crippen molar-refractivity contribution in [2.45, 2.75) is 24.8 Å². The van der Waals surface area contributed by atoms with Gasteiger partial charge < -0.3 is 10.4 Å². The molecule has 1 amide bonds. The van der Waals surface area contributed by atoms with Gasteiger partial charge in [0.1, 0.15) is 5.82 Å². The van der Waals surface area contributed by atoms with Crippen molar-refractivity contribution in [1.82, 2.24) is 5.32 Å². The second kappa shape index (κ2) is 5.31. The molecule has 3 nitrogen and oxygen atoms in total. The fourth-order valence-corrected chi connectivity index (χ4v) is 2.00. The SMILES string of the molecule is O=C(/C=C/c1ccccc1F)NC1(CO)CCC1. The van der Waals surface area contributed by atoms with Crippen molar-refractivity contribution in [3.05, 3.63) is 41.7 Å². The second-order valence-electron chi connectivity index (χ2n) is 4.64. The first-order chi connectivity index (χ1) is 8.65. The van der Waals surface area contributed by atoms with E-state index in [-0.39, 0.29) is 18.3 Å². The standard InChI is InChI=1S/C14H16FNO2/c15-12-5-2-1-4-11(12)6-7-13(18)16-14(10-17)8-3-9-14/h1-2,4-7,17H,3,8-10H2,(H,16,18)/b7-6+. The first-order valence-electron chi connectivity index (χ1n) is 6.01. The molecule has 0 bridgehead atoms. The van der Waals surface area contributed by atoms with Crippen molar-refractivity contribution in [3.8, 4) is 0 Å². The Kier molecular flexibility index (Phi) is 3.77. The summed E-state index contributed by atoms with van der Waals surface area (Å²) < 4.78 is 13.3. The number of nitrogens with one attached hydrogen (secondary N) is 1. The van der Waals surface area contributed by atoms with Crippen LogP contribution in [-0.2, 0) is 4.79 Å². The van der Waals surface area contributed by atoms with Crippen LogP contribution in [0, 0.1) is 5.82 Å². The Bertz CT molecular complexity index is 461. The van der Waals surface area contributed by atoms with E-state index in [0.717, 1.165) is 19.3 Å². The average molecular weight is 249 g/mol. The Hall–Kier alpha value is -1.68. The fraction of sp³-hybridized carbons (Fsp3) is 0.357. The molecule has 0 aromatic heterocycles. The number of amides is 1. The first-order valence-corrected chi connectivity index (χ1v) is 6.01. The number of hydrogen-bond donors (Lipinski definition) is 2. The van der Waals surface area contributed by atoms with Gasteiger partial charge in [-0.25, -0.2) is 4.39 Å². The van der Waals surface area contributed by atoms with Gasteiger partial charge in [-0.1, -0.05) is 18.2 Å². The van der Waals surface area contributed by atoms with Gasteiger partial charge in [0.2, 0.25) is 5.91 Å². The third kappa shape index (κ3) is 2.76. The quantitative estimate of drug-likeness (QED) is 0.800. The molecule has 1 aromatic rings. The molecule has 96 valence electrons. The van der Waals surface area contributed by atoms with Crippen LogP contribution in [-0.4, -0.2) is 23.2 Å². The predicted molar refractivity (Wildman–Crippen MR) is 67.2 cm³/mol. The molecule has 0 atom stereocenters. The summed E-state index contributed by atoms with van der Waals surface area (Å²) >= 11 is 0. The highest BCUT2D eigenvalue weighted by atomic mass is 19.1. The van der Waals surface area contributed by atoms with E-state index in [2.05, 4.69) is 5.32 Å². The molecule has 0 unspecified atom stereocenters. The van der Waals surface area contributed by atoms with Crippen LogP contribution in [0.15, 0.2) is 30.3 Å². The maximum Gasteiger partial charge on any atom is 0.244 e. The van der Waals surface area contributed by atoms with Crippen LogP contribution in [0.2, 0.25) is 0 Å². The van der Waals surface area contributed by atoms with E-state index in [1.165, 1.54) is 18.2 Å². The molecule has 1 aliphatic rings. The normalized spacial score (nSPS) is 17.4. The van der Waals surface area contributed by atoms with Crippen LogP contribution in [0.5, 0.6) is 0 Å². The number of rotatable bonds is 4. The Morgan fingerprint density at radius 1 is 1.44 bits per heavy atom. The molecular weight excluding hydrogens is 233 g/mol. The van der Waals surface area contributed by atoms with Gasteiger partial charge in [-0.3, -0.25) is 4.79 Å². The molecule has 0 radical (unpaired) electrons. The van der Waals surface area contributed by atoms with Crippen LogP contribution in [0.1, 0.15) is 24.8 Å². The number of halogens is 1. The lowest BCUT2D eigenvalue weighted by atomic mass is 9.77. The van der Waals surface area contributed by atoms with Crippen molar-refractivity contribution >= 4 is 12.0 Å². The molecule has 0 spiro atoms. The van der Waals surface area contributed by atoms with Gasteiger partial charge in [0.05, 0.1) is 12.1 Å². The lowest BCUT2D eigenvalue weighted by Gasteiger charge is -2.40. The number of benzene rings is 1. The average Bonchev–Trinajstić information content (AvgIpc) is 2.33. The van der Waals surface area contributed by atoms with E-state index >= 15 is 0 Å². The van der Waals surface area contributed by atoms with Crippen LogP contribution >= 0.6 is 0 Å². The smallest absolute Gasteiger partial charge is 0.244 e. The molecule has 4 heteroatoms. The third-order valence-corrected chi connectivity index (χ3v) is 3.32. The summed E-state index contributed by atoms with van der Waals surface area (Å²) in [5, 5.41) is 12.0. The maximum atomic E-state index is 13.3. The lowest BCUT2D eigenvalue weighted by molar-refractivity contribution is -0.120. The summed E-state index contributed by atoms with van der Waals surface area (Å²) in [7, 11) is 0. The molecule has 1 saturated carbocycles. The molecule has 0 heterocycles. The molecule has 1 aromatic carbocycles. The molecule has 18 heavy (non-hydrogen) atoms. The van der Waals surface area contributed by atoms with Crippen molar-refractivity contribution in [1.29, 1.82) is 0 Å². The highest BCUT2D eigenvalue weighted by Gasteiger charge is 2.37. The Labute approximate surface area is 105 Å². The molecule has 0 saturated heterocycles. The summed E-state index contributed by atoms with van der Waals surface area (Å²) in [6.45, 7) is -0.0493. The van der Waals surface area contributed by atoms with Crippen LogP contribution < -0.4 is 5.32 Å². The number of carbonyl (C=O) groups is 1. The van der Waals surface area contributed by atoms with Crippen LogP contribution in [0.25, 0.3) is 6.08 Å².